The van der Waals surface area contributed by atoms with Crippen molar-refractivity contribution in [2.45, 2.75) is 40.5 Å². The van der Waals surface area contributed by atoms with E-state index in [0.29, 0.717) is 0 Å². The molecule has 0 radical (unpaired) electrons. The van der Waals surface area contributed by atoms with Gasteiger partial charge in [0.1, 0.15) is 0 Å². The van der Waals surface area contributed by atoms with Crippen LogP contribution < -0.4 is 25.6 Å². The number of rotatable bonds is 2. The molecule has 0 saturated carbocycles. The summed E-state index contributed by atoms with van der Waals surface area (Å²) in [6, 6.07) is 6.64. The quantitative estimate of drug-likeness (QED) is 0.433. The van der Waals surface area contributed by atoms with Gasteiger partial charge in [0.2, 0.25) is 0 Å². The monoisotopic (exact) mass is 785 g/mol. The summed E-state index contributed by atoms with van der Waals surface area (Å²) in [4.78, 5) is 24.9. The molecule has 0 amide bonds. The van der Waals surface area contributed by atoms with Crippen molar-refractivity contribution >= 4 is 46.5 Å². The van der Waals surface area contributed by atoms with Crippen LogP contribution in [0.2, 0.25) is 0 Å². The van der Waals surface area contributed by atoms with Gasteiger partial charge < -0.3 is 15.2 Å². The topological polar surface area (TPSA) is 110 Å². The number of benzene rings is 1. The Hall–Kier alpha value is -4.82. The minimum atomic E-state index is -1.22. The molecule has 0 N–H and O–H groups in total. The van der Waals surface area contributed by atoms with Gasteiger partial charge in [-0.3, -0.25) is 0 Å². The van der Waals surface area contributed by atoms with Crippen LogP contribution in [0.5, 0.6) is 0 Å². The summed E-state index contributed by atoms with van der Waals surface area (Å²) in [5.74, 6) is -1.22. The van der Waals surface area contributed by atoms with Gasteiger partial charge in [-0.05, 0) is 96.9 Å². The first-order valence-corrected chi connectivity index (χ1v) is 15.1. The summed E-state index contributed by atoms with van der Waals surface area (Å²) in [7, 11) is 0. The van der Waals surface area contributed by atoms with Gasteiger partial charge in [-0.15, -0.1) is 11.4 Å². The van der Waals surface area contributed by atoms with Gasteiger partial charge in [0.25, 0.3) is 0 Å². The molecule has 0 atom stereocenters. The van der Waals surface area contributed by atoms with E-state index in [-0.39, 0.29) is 27.6 Å². The van der Waals surface area contributed by atoms with Crippen molar-refractivity contribution in [1.82, 2.24) is 4.98 Å². The average molecular weight is 786 g/mol. The Kier molecular flexibility index (Phi) is 8.49. The van der Waals surface area contributed by atoms with Gasteiger partial charge in [0.05, 0.1) is 45.6 Å². The summed E-state index contributed by atoms with van der Waals surface area (Å²) in [6.45, 7) is 8.48. The van der Waals surface area contributed by atoms with Crippen molar-refractivity contribution in [3.8, 4) is 0 Å². The maximum atomic E-state index is 11.5. The molecule has 2 aromatic rings. The van der Waals surface area contributed by atoms with Crippen molar-refractivity contribution < 1.29 is 32.6 Å². The molecule has 0 fully saturated rings. The first-order valence-electron chi connectivity index (χ1n) is 15.1. The number of fused-ring (bicyclic) bond motifs is 6. The van der Waals surface area contributed by atoms with Crippen LogP contribution in [0.15, 0.2) is 127 Å². The van der Waals surface area contributed by atoms with Crippen molar-refractivity contribution in [2.24, 2.45) is 20.0 Å². The molecule has 10 bridgehead atoms. The van der Waals surface area contributed by atoms with E-state index in [2.05, 4.69) is 27.7 Å². The largest absolute Gasteiger partial charge is 3.00 e. The van der Waals surface area contributed by atoms with Crippen LogP contribution in [0.3, 0.4) is 0 Å². The zero-order chi connectivity index (χ0) is 31.2. The van der Waals surface area contributed by atoms with E-state index in [0.717, 1.165) is 91.8 Å². The van der Waals surface area contributed by atoms with Gasteiger partial charge in [0.15, 0.2) is 0 Å². The number of hydrogen-bond acceptors (Lipinski definition) is 6. The third-order valence-electron chi connectivity index (χ3n) is 8.55. The number of aromatic nitrogens is 1. The second-order valence-corrected chi connectivity index (χ2v) is 11.3. The van der Waals surface area contributed by atoms with Crippen LogP contribution in [-0.4, -0.2) is 22.8 Å². The molecule has 5 aliphatic rings. The molecule has 7 nitrogen and oxygen atoms in total. The van der Waals surface area contributed by atoms with Crippen LogP contribution in [0.25, 0.3) is 23.7 Å². The summed E-state index contributed by atoms with van der Waals surface area (Å²) >= 11 is 0. The van der Waals surface area contributed by atoms with Gasteiger partial charge in [0, 0.05) is 5.57 Å². The van der Waals surface area contributed by atoms with Crippen molar-refractivity contribution in [3.05, 3.63) is 140 Å². The molecular weight excluding hydrogens is 755 g/mol. The zero-order valence-electron chi connectivity index (χ0n) is 25.9. The second kappa shape index (κ2) is 12.5. The molecular formula is C38H30AuN5O2. The molecule has 1 aromatic heterocycles. The van der Waals surface area contributed by atoms with Crippen molar-refractivity contribution in [2.75, 3.05) is 0 Å². The Morgan fingerprint density at radius 2 is 1.30 bits per heavy atom. The first-order chi connectivity index (χ1) is 21.8. The van der Waals surface area contributed by atoms with E-state index in [4.69, 9.17) is 25.0 Å². The fourth-order valence-electron chi connectivity index (χ4n) is 6.18. The Bertz CT molecular complexity index is 2180. The van der Waals surface area contributed by atoms with Gasteiger partial charge >= 0.3 is 22.4 Å². The smallest absolute Gasteiger partial charge is 0.884 e. The van der Waals surface area contributed by atoms with Crippen molar-refractivity contribution in [1.29, 1.82) is 0 Å². The Morgan fingerprint density at radius 1 is 0.674 bits per heavy atom. The predicted molar refractivity (Wildman–Crippen MR) is 179 cm³/mol. The van der Waals surface area contributed by atoms with E-state index in [1.54, 1.807) is 24.3 Å². The number of aliphatic imine (C=N–C) groups is 4. The fraction of sp³-hybridized carbons (Fsp3) is 0.158. The van der Waals surface area contributed by atoms with E-state index >= 15 is 0 Å². The summed E-state index contributed by atoms with van der Waals surface area (Å²) in [5, 5.41) is 23.8. The van der Waals surface area contributed by atoms with Gasteiger partial charge in [-0.2, -0.15) is 5.95 Å². The van der Waals surface area contributed by atoms with Crippen LogP contribution >= 0.6 is 0 Å². The molecule has 7 rings (SSSR count). The minimum absolute atomic E-state index is 0. The predicted octanol–water partition coefficient (Wildman–Crippen LogP) is 3.83. The minimum Gasteiger partial charge on any atom is -0.884 e. The summed E-state index contributed by atoms with van der Waals surface area (Å²) < 4.78 is 0. The number of nitrogens with zero attached hydrogens (tertiary/aromatic N) is 5. The molecule has 6 heterocycles. The normalized spacial score (nSPS) is 18.0. The van der Waals surface area contributed by atoms with E-state index in [9.17, 15) is 10.2 Å². The molecule has 1 aromatic carbocycles. The van der Waals surface area contributed by atoms with E-state index < -0.39 is 5.95 Å². The SMILES string of the molecule is CCC1=C(C)C2=NC1=CC1=NC(=Cc3[n-]c(c(C)c3CC)C=C3C=CC(=N3)C(=c3ccc(=C([O-])[O-])cc3)C3=NC(=C2)C=C3)C=C1.[Au+3]. The molecule has 230 valence electrons. The molecule has 46 heavy (non-hydrogen) atoms. The number of hydrogen-bond donors (Lipinski definition) is 0. The number of allylic oxidation sites excluding steroid dienone is 10. The van der Waals surface area contributed by atoms with Crippen LogP contribution in [0.4, 0.5) is 0 Å². The fourth-order valence-corrected chi connectivity index (χ4v) is 6.18. The standard InChI is InChI=1S/C38H32N5O2.Au/c1-5-29-21(3)33-17-27-13-15-31(40-27)37(23-7-9-24(10-8-23)38(44)45)32-16-14-28(41-32)18-34-22(4)30(6-2)36(43-34)20-26-12-11-25(39-26)19-35(29)42-33;/h7-20H,5-6H2,1-4H3,(H2-,39,40,41,42,43,44,45);/q-1;+3/p-2. The van der Waals surface area contributed by atoms with Crippen LogP contribution in [-0.2, 0) is 28.8 Å². The average Bonchev–Trinajstić information content (AvgIpc) is 3.86. The Labute approximate surface area is 283 Å². The Morgan fingerprint density at radius 3 is 1.96 bits per heavy atom. The molecule has 0 unspecified atom stereocenters. The van der Waals surface area contributed by atoms with Crippen LogP contribution in [0, 0.1) is 6.92 Å². The second-order valence-electron chi connectivity index (χ2n) is 11.3. The molecule has 5 aliphatic heterocycles. The molecule has 8 heteroatoms. The maximum absolute atomic E-state index is 11.5. The first kappa shape index (κ1) is 31.2. The molecule has 0 spiro atoms. The zero-order valence-corrected chi connectivity index (χ0v) is 28.0. The third kappa shape index (κ3) is 5.69. The van der Waals surface area contributed by atoms with Gasteiger partial charge in [-0.25, -0.2) is 20.0 Å². The molecule has 0 aliphatic carbocycles. The maximum Gasteiger partial charge on any atom is 3.00 e. The van der Waals surface area contributed by atoms with E-state index in [1.165, 1.54) is 11.1 Å². The van der Waals surface area contributed by atoms with Crippen molar-refractivity contribution in [3.63, 3.8) is 0 Å². The van der Waals surface area contributed by atoms with Crippen LogP contribution in [0.1, 0.15) is 49.7 Å². The van der Waals surface area contributed by atoms with E-state index in [1.807, 2.05) is 60.8 Å². The summed E-state index contributed by atoms with van der Waals surface area (Å²) in [5.41, 5.74) is 13.7. The van der Waals surface area contributed by atoms with Gasteiger partial charge in [-0.1, -0.05) is 61.4 Å². The molecule has 0 saturated heterocycles. The summed E-state index contributed by atoms with van der Waals surface area (Å²) in [6.07, 6.45) is 21.7. The Balaban J connectivity index is 0.00000372. The third-order valence-corrected chi connectivity index (χ3v) is 8.55.